The van der Waals surface area contributed by atoms with Gasteiger partial charge < -0.3 is 10.1 Å². The Morgan fingerprint density at radius 3 is 2.03 bits per heavy atom. The van der Waals surface area contributed by atoms with Crippen LogP contribution >= 0.6 is 0 Å². The summed E-state index contributed by atoms with van der Waals surface area (Å²) in [5.74, 6) is 0.830. The normalized spacial score (nSPS) is 11.9. The van der Waals surface area contributed by atoms with E-state index in [0.717, 1.165) is 17.0 Å². The molecule has 0 fully saturated rings. The third kappa shape index (κ3) is 5.44. The van der Waals surface area contributed by atoms with Gasteiger partial charge in [-0.2, -0.15) is 0 Å². The lowest BCUT2D eigenvalue weighted by atomic mass is 9.95. The first-order valence-corrected chi connectivity index (χ1v) is 9.75. The summed E-state index contributed by atoms with van der Waals surface area (Å²) in [6.07, 6.45) is 0.263. The van der Waals surface area contributed by atoms with Gasteiger partial charge in [-0.25, -0.2) is 4.39 Å². The highest BCUT2D eigenvalue weighted by Crippen LogP contribution is 2.27. The number of benzene rings is 3. The quantitative estimate of drug-likeness (QED) is 0.453. The van der Waals surface area contributed by atoms with Crippen molar-refractivity contribution in [2.75, 3.05) is 12.4 Å². The maximum atomic E-state index is 13.2. The zero-order valence-electron chi connectivity index (χ0n) is 17.0. The number of nitrogens with one attached hydrogen (secondary N) is 1. The number of ether oxygens (including phenoxy) is 1. The average Bonchev–Trinajstić information content (AvgIpc) is 2.74. The summed E-state index contributed by atoms with van der Waals surface area (Å²) < 4.78 is 18.4. The fraction of sp³-hybridized carbons (Fsp3) is 0.240. The second-order valence-corrected chi connectivity index (χ2v) is 7.38. The van der Waals surface area contributed by atoms with Gasteiger partial charge in [-0.15, -0.1) is 0 Å². The van der Waals surface area contributed by atoms with E-state index in [9.17, 15) is 9.18 Å². The molecule has 4 heteroatoms. The van der Waals surface area contributed by atoms with E-state index in [2.05, 4.69) is 43.4 Å². The van der Waals surface area contributed by atoms with E-state index in [4.69, 9.17) is 4.74 Å². The standard InChI is InChI=1S/C25H26FNO2/c1-17(2)18-4-6-19(7-5-18)24(27-22-12-14-23(29-3)15-13-22)16-25(28)20-8-10-21(26)11-9-20/h4-15,17,24,27H,16H2,1-3H3. The van der Waals surface area contributed by atoms with Crippen LogP contribution in [0.15, 0.2) is 72.8 Å². The van der Waals surface area contributed by atoms with E-state index < -0.39 is 0 Å². The molecule has 0 radical (unpaired) electrons. The van der Waals surface area contributed by atoms with Crippen LogP contribution in [-0.4, -0.2) is 12.9 Å². The molecule has 3 nitrogen and oxygen atoms in total. The molecule has 0 saturated heterocycles. The number of anilines is 1. The highest BCUT2D eigenvalue weighted by Gasteiger charge is 2.18. The summed E-state index contributed by atoms with van der Waals surface area (Å²) in [7, 11) is 1.63. The number of ketones is 1. The Balaban J connectivity index is 1.85. The van der Waals surface area contributed by atoms with Crippen molar-refractivity contribution in [1.82, 2.24) is 0 Å². The first-order valence-electron chi connectivity index (χ1n) is 9.75. The molecule has 0 aliphatic heterocycles. The number of hydrogen-bond acceptors (Lipinski definition) is 3. The zero-order chi connectivity index (χ0) is 20.8. The Labute approximate surface area is 171 Å². The molecular formula is C25H26FNO2. The van der Waals surface area contributed by atoms with Crippen LogP contribution < -0.4 is 10.1 Å². The summed E-state index contributed by atoms with van der Waals surface area (Å²) >= 11 is 0. The summed E-state index contributed by atoms with van der Waals surface area (Å²) in [4.78, 5) is 12.8. The lowest BCUT2D eigenvalue weighted by Crippen LogP contribution is -2.16. The van der Waals surface area contributed by atoms with Gasteiger partial charge in [0.05, 0.1) is 13.2 Å². The Bertz CT molecular complexity index is 932. The first kappa shape index (κ1) is 20.6. The Kier molecular flexibility index (Phi) is 6.65. The van der Waals surface area contributed by atoms with Crippen molar-refractivity contribution in [3.8, 4) is 5.75 Å². The molecule has 0 aromatic heterocycles. The Morgan fingerprint density at radius 1 is 0.897 bits per heavy atom. The van der Waals surface area contributed by atoms with Crippen LogP contribution in [0.4, 0.5) is 10.1 Å². The highest BCUT2D eigenvalue weighted by molar-refractivity contribution is 5.96. The molecule has 0 amide bonds. The van der Waals surface area contributed by atoms with Gasteiger partial charge in [0.25, 0.3) is 0 Å². The molecule has 0 spiro atoms. The van der Waals surface area contributed by atoms with Crippen LogP contribution in [-0.2, 0) is 0 Å². The maximum Gasteiger partial charge on any atom is 0.165 e. The molecule has 0 aliphatic rings. The van der Waals surface area contributed by atoms with E-state index in [1.165, 1.54) is 29.8 Å². The molecule has 1 atom stereocenters. The lowest BCUT2D eigenvalue weighted by Gasteiger charge is -2.21. The van der Waals surface area contributed by atoms with Gasteiger partial charge >= 0.3 is 0 Å². The molecule has 0 bridgehead atoms. The van der Waals surface area contributed by atoms with E-state index in [-0.39, 0.29) is 24.1 Å². The number of carbonyl (C=O) groups is 1. The highest BCUT2D eigenvalue weighted by atomic mass is 19.1. The van der Waals surface area contributed by atoms with Crippen molar-refractivity contribution < 1.29 is 13.9 Å². The van der Waals surface area contributed by atoms with Crippen molar-refractivity contribution in [1.29, 1.82) is 0 Å². The predicted octanol–water partition coefficient (Wildman–Crippen LogP) is 6.38. The monoisotopic (exact) mass is 391 g/mol. The van der Waals surface area contributed by atoms with Gasteiger partial charge in [-0.05, 0) is 65.6 Å². The minimum Gasteiger partial charge on any atom is -0.497 e. The smallest absolute Gasteiger partial charge is 0.165 e. The fourth-order valence-corrected chi connectivity index (χ4v) is 3.19. The number of methoxy groups -OCH3 is 1. The molecule has 29 heavy (non-hydrogen) atoms. The van der Waals surface area contributed by atoms with E-state index in [0.29, 0.717) is 11.5 Å². The second kappa shape index (κ2) is 9.37. The van der Waals surface area contributed by atoms with Crippen LogP contribution in [0.25, 0.3) is 0 Å². The van der Waals surface area contributed by atoms with Gasteiger partial charge in [0.15, 0.2) is 5.78 Å². The molecule has 3 rings (SSSR count). The molecule has 3 aromatic rings. The minimum absolute atomic E-state index is 0.0380. The second-order valence-electron chi connectivity index (χ2n) is 7.38. The summed E-state index contributed by atoms with van der Waals surface area (Å²) in [6.45, 7) is 4.31. The first-order chi connectivity index (χ1) is 14.0. The molecule has 1 N–H and O–H groups in total. The number of Topliss-reactive ketones (excluding diaryl/α,β-unsaturated/α-hetero) is 1. The van der Waals surface area contributed by atoms with Crippen molar-refractivity contribution >= 4 is 11.5 Å². The van der Waals surface area contributed by atoms with Crippen molar-refractivity contribution in [2.24, 2.45) is 0 Å². The van der Waals surface area contributed by atoms with Gasteiger partial charge in [0, 0.05) is 17.7 Å². The largest absolute Gasteiger partial charge is 0.497 e. The SMILES string of the molecule is COc1ccc(NC(CC(=O)c2ccc(F)cc2)c2ccc(C(C)C)cc2)cc1. The molecule has 3 aromatic carbocycles. The van der Waals surface area contributed by atoms with Crippen LogP contribution in [0, 0.1) is 5.82 Å². The van der Waals surface area contributed by atoms with Gasteiger partial charge in [0.2, 0.25) is 0 Å². The van der Waals surface area contributed by atoms with Gasteiger partial charge in [-0.3, -0.25) is 4.79 Å². The van der Waals surface area contributed by atoms with Crippen LogP contribution in [0.3, 0.4) is 0 Å². The summed E-state index contributed by atoms with van der Waals surface area (Å²) in [6, 6.07) is 21.4. The summed E-state index contributed by atoms with van der Waals surface area (Å²) in [5.41, 5.74) is 3.69. The zero-order valence-corrected chi connectivity index (χ0v) is 17.0. The van der Waals surface area contributed by atoms with Crippen LogP contribution in [0.2, 0.25) is 0 Å². The van der Waals surface area contributed by atoms with Gasteiger partial charge in [0.1, 0.15) is 11.6 Å². The third-order valence-electron chi connectivity index (χ3n) is 4.99. The van der Waals surface area contributed by atoms with Crippen molar-refractivity contribution in [3.05, 3.63) is 95.3 Å². The number of rotatable bonds is 8. The third-order valence-corrected chi connectivity index (χ3v) is 4.99. The van der Waals surface area contributed by atoms with Crippen molar-refractivity contribution in [3.63, 3.8) is 0 Å². The fourth-order valence-electron chi connectivity index (χ4n) is 3.19. The predicted molar refractivity (Wildman–Crippen MR) is 115 cm³/mol. The topological polar surface area (TPSA) is 38.3 Å². The number of halogens is 1. The number of carbonyl (C=O) groups excluding carboxylic acids is 1. The van der Waals surface area contributed by atoms with Crippen LogP contribution in [0.1, 0.15) is 53.7 Å². The van der Waals surface area contributed by atoms with Crippen LogP contribution in [0.5, 0.6) is 5.75 Å². The molecule has 0 heterocycles. The van der Waals surface area contributed by atoms with Gasteiger partial charge in [-0.1, -0.05) is 38.1 Å². The number of hydrogen-bond donors (Lipinski definition) is 1. The molecule has 0 aliphatic carbocycles. The molecule has 0 saturated carbocycles. The maximum absolute atomic E-state index is 13.2. The molecule has 150 valence electrons. The minimum atomic E-state index is -0.348. The van der Waals surface area contributed by atoms with E-state index >= 15 is 0 Å². The lowest BCUT2D eigenvalue weighted by molar-refractivity contribution is 0.0976. The van der Waals surface area contributed by atoms with E-state index in [1.807, 2.05) is 24.3 Å². The average molecular weight is 391 g/mol. The van der Waals surface area contributed by atoms with E-state index in [1.54, 1.807) is 7.11 Å². The Hall–Kier alpha value is -3.14. The Morgan fingerprint density at radius 2 is 1.48 bits per heavy atom. The summed E-state index contributed by atoms with van der Waals surface area (Å²) in [5, 5.41) is 3.46. The molecule has 1 unspecified atom stereocenters. The molecular weight excluding hydrogens is 365 g/mol. The van der Waals surface area contributed by atoms with Crippen molar-refractivity contribution in [2.45, 2.75) is 32.2 Å².